The lowest BCUT2D eigenvalue weighted by Gasteiger charge is -2.19. The maximum Gasteiger partial charge on any atom is 0.317 e. The quantitative estimate of drug-likeness (QED) is 0.806. The molecule has 2 amide bonds. The van der Waals surface area contributed by atoms with E-state index in [1.807, 2.05) is 33.2 Å². The Balaban J connectivity index is 1.72. The number of rotatable bonds is 7. The number of nitrogens with zero attached hydrogens (tertiary/aromatic N) is 3. The first-order chi connectivity index (χ1) is 11.4. The molecule has 2 rings (SSSR count). The molecular weight excluding hydrogens is 322 g/mol. The number of H-pyrrole nitrogens is 1. The van der Waals surface area contributed by atoms with Crippen molar-refractivity contribution in [3.63, 3.8) is 0 Å². The van der Waals surface area contributed by atoms with E-state index in [1.54, 1.807) is 16.2 Å². The second-order valence-electron chi connectivity index (χ2n) is 6.35. The highest BCUT2D eigenvalue weighted by molar-refractivity contribution is 7.09. The minimum atomic E-state index is -0.0317. The Labute approximate surface area is 147 Å². The highest BCUT2D eigenvalue weighted by atomic mass is 32.1. The first-order valence-corrected chi connectivity index (χ1v) is 9.18. The van der Waals surface area contributed by atoms with E-state index >= 15 is 0 Å². The largest absolute Gasteiger partial charge is 0.337 e. The lowest BCUT2D eigenvalue weighted by atomic mass is 10.1. The third-order valence-corrected chi connectivity index (χ3v) is 5.36. The van der Waals surface area contributed by atoms with Crippen LogP contribution >= 0.6 is 11.3 Å². The van der Waals surface area contributed by atoms with Crippen molar-refractivity contribution >= 4 is 17.4 Å². The molecular formula is C17H27N5OS. The van der Waals surface area contributed by atoms with Crippen LogP contribution in [0.4, 0.5) is 4.79 Å². The van der Waals surface area contributed by atoms with Crippen LogP contribution in [-0.4, -0.2) is 46.2 Å². The predicted octanol–water partition coefficient (Wildman–Crippen LogP) is 3.17. The van der Waals surface area contributed by atoms with Gasteiger partial charge in [0.05, 0.1) is 10.7 Å². The summed E-state index contributed by atoms with van der Waals surface area (Å²) in [5.41, 5.74) is 4.46. The molecule has 0 fully saturated rings. The van der Waals surface area contributed by atoms with Crippen LogP contribution in [0.2, 0.25) is 0 Å². The van der Waals surface area contributed by atoms with Gasteiger partial charge in [-0.3, -0.25) is 5.10 Å². The Morgan fingerprint density at radius 2 is 2.17 bits per heavy atom. The van der Waals surface area contributed by atoms with Gasteiger partial charge in [0, 0.05) is 42.8 Å². The number of carbonyl (C=O) groups excluding carboxylic acids is 1. The molecule has 24 heavy (non-hydrogen) atoms. The molecule has 7 heteroatoms. The third kappa shape index (κ3) is 4.80. The summed E-state index contributed by atoms with van der Waals surface area (Å²) in [5, 5.41) is 13.3. The molecule has 0 radical (unpaired) electrons. The van der Waals surface area contributed by atoms with Crippen molar-refractivity contribution < 1.29 is 4.79 Å². The maximum absolute atomic E-state index is 12.2. The number of amides is 2. The molecule has 0 bridgehead atoms. The highest BCUT2D eigenvalue weighted by Crippen LogP contribution is 2.19. The van der Waals surface area contributed by atoms with Gasteiger partial charge in [0.25, 0.3) is 0 Å². The highest BCUT2D eigenvalue weighted by Gasteiger charge is 2.14. The third-order valence-electron chi connectivity index (χ3n) is 4.17. The van der Waals surface area contributed by atoms with E-state index < -0.39 is 0 Å². The Hall–Kier alpha value is -1.89. The number of aromatic amines is 1. The number of nitrogens with one attached hydrogen (secondary N) is 2. The average Bonchev–Trinajstić information content (AvgIpc) is 3.12. The van der Waals surface area contributed by atoms with Gasteiger partial charge in [-0.15, -0.1) is 11.3 Å². The molecule has 132 valence electrons. The fraction of sp³-hybridized carbons (Fsp3) is 0.588. The van der Waals surface area contributed by atoms with Gasteiger partial charge in [-0.25, -0.2) is 9.78 Å². The van der Waals surface area contributed by atoms with Gasteiger partial charge in [-0.2, -0.15) is 5.10 Å². The lowest BCUT2D eigenvalue weighted by Crippen LogP contribution is -2.39. The molecule has 0 spiro atoms. The second kappa shape index (κ2) is 8.28. The molecule has 0 aliphatic carbocycles. The van der Waals surface area contributed by atoms with Gasteiger partial charge in [0.1, 0.15) is 0 Å². The smallest absolute Gasteiger partial charge is 0.317 e. The van der Waals surface area contributed by atoms with Gasteiger partial charge in [0.2, 0.25) is 0 Å². The molecule has 0 aliphatic rings. The van der Waals surface area contributed by atoms with Crippen LogP contribution in [-0.2, 0) is 6.42 Å². The lowest BCUT2D eigenvalue weighted by molar-refractivity contribution is 0.208. The van der Waals surface area contributed by atoms with Crippen LogP contribution in [0.25, 0.3) is 0 Å². The summed E-state index contributed by atoms with van der Waals surface area (Å²) < 4.78 is 0. The molecule has 0 saturated carbocycles. The Morgan fingerprint density at radius 3 is 2.75 bits per heavy atom. The number of aromatic nitrogens is 3. The van der Waals surface area contributed by atoms with E-state index in [1.165, 1.54) is 5.56 Å². The van der Waals surface area contributed by atoms with Crippen molar-refractivity contribution in [2.24, 2.45) is 0 Å². The zero-order valence-electron chi connectivity index (χ0n) is 15.1. The first kappa shape index (κ1) is 18.4. The second-order valence-corrected chi connectivity index (χ2v) is 7.24. The summed E-state index contributed by atoms with van der Waals surface area (Å²) in [6.07, 6.45) is 1.85. The molecule has 2 N–H and O–H groups in total. The van der Waals surface area contributed by atoms with Crippen LogP contribution < -0.4 is 5.32 Å². The number of hydrogen-bond acceptors (Lipinski definition) is 4. The fourth-order valence-corrected chi connectivity index (χ4v) is 3.45. The van der Waals surface area contributed by atoms with Crippen LogP contribution in [0, 0.1) is 20.8 Å². The molecule has 1 unspecified atom stereocenters. The van der Waals surface area contributed by atoms with Crippen LogP contribution in [0.3, 0.4) is 0 Å². The number of urea groups is 1. The minimum absolute atomic E-state index is 0.0317. The standard InChI is InChI=1S/C17H27N5OS/c1-11(16-19-12(2)10-24-16)9-18-17(23)22(5)8-6-7-15-13(3)20-21-14(15)4/h10-11H,6-9H2,1-5H3,(H,18,23)(H,20,21). The summed E-state index contributed by atoms with van der Waals surface area (Å²) in [6, 6.07) is -0.0317. The molecule has 2 aromatic rings. The Morgan fingerprint density at radius 1 is 1.42 bits per heavy atom. The molecule has 6 nitrogen and oxygen atoms in total. The van der Waals surface area contributed by atoms with E-state index in [2.05, 4.69) is 27.4 Å². The minimum Gasteiger partial charge on any atom is -0.337 e. The van der Waals surface area contributed by atoms with E-state index in [-0.39, 0.29) is 11.9 Å². The molecule has 2 heterocycles. The molecule has 0 saturated heterocycles. The average molecular weight is 350 g/mol. The number of aryl methyl sites for hydroxylation is 3. The van der Waals surface area contributed by atoms with Crippen molar-refractivity contribution in [1.82, 2.24) is 25.4 Å². The van der Waals surface area contributed by atoms with E-state index in [0.29, 0.717) is 6.54 Å². The van der Waals surface area contributed by atoms with Crippen molar-refractivity contribution in [3.05, 3.63) is 33.0 Å². The van der Waals surface area contributed by atoms with Crippen LogP contribution in [0.15, 0.2) is 5.38 Å². The monoisotopic (exact) mass is 349 g/mol. The van der Waals surface area contributed by atoms with E-state index in [9.17, 15) is 4.79 Å². The van der Waals surface area contributed by atoms with Gasteiger partial charge >= 0.3 is 6.03 Å². The number of thiazole rings is 1. The van der Waals surface area contributed by atoms with Crippen molar-refractivity contribution in [1.29, 1.82) is 0 Å². The molecule has 0 aliphatic heterocycles. The van der Waals surface area contributed by atoms with Gasteiger partial charge < -0.3 is 10.2 Å². The number of hydrogen-bond donors (Lipinski definition) is 2. The van der Waals surface area contributed by atoms with Crippen molar-refractivity contribution in [2.75, 3.05) is 20.1 Å². The zero-order valence-corrected chi connectivity index (χ0v) is 16.0. The summed E-state index contributed by atoms with van der Waals surface area (Å²) in [4.78, 5) is 18.4. The topological polar surface area (TPSA) is 73.9 Å². The molecule has 0 aromatic carbocycles. The number of carbonyl (C=O) groups is 1. The predicted molar refractivity (Wildman–Crippen MR) is 97.7 cm³/mol. The SMILES string of the molecule is Cc1csc(C(C)CNC(=O)N(C)CCCc2c(C)n[nH]c2C)n1. The maximum atomic E-state index is 12.2. The Kier molecular flexibility index (Phi) is 6.36. The normalized spacial score (nSPS) is 12.2. The van der Waals surface area contributed by atoms with Gasteiger partial charge in [0.15, 0.2) is 0 Å². The van der Waals surface area contributed by atoms with Crippen molar-refractivity contribution in [3.8, 4) is 0 Å². The Bertz CT molecular complexity index is 659. The molecule has 1 atom stereocenters. The van der Waals surface area contributed by atoms with Crippen molar-refractivity contribution in [2.45, 2.75) is 46.5 Å². The summed E-state index contributed by atoms with van der Waals surface area (Å²) >= 11 is 1.65. The summed E-state index contributed by atoms with van der Waals surface area (Å²) in [5.74, 6) is 0.234. The summed E-state index contributed by atoms with van der Waals surface area (Å²) in [6.45, 7) is 9.45. The molecule has 2 aromatic heterocycles. The first-order valence-electron chi connectivity index (χ1n) is 8.30. The van der Waals surface area contributed by atoms with Crippen LogP contribution in [0.1, 0.15) is 46.9 Å². The van der Waals surface area contributed by atoms with Gasteiger partial charge in [-0.05, 0) is 39.2 Å². The van der Waals surface area contributed by atoms with Gasteiger partial charge in [-0.1, -0.05) is 6.92 Å². The zero-order chi connectivity index (χ0) is 17.7. The van der Waals surface area contributed by atoms with E-state index in [0.717, 1.165) is 41.5 Å². The summed E-state index contributed by atoms with van der Waals surface area (Å²) in [7, 11) is 1.84. The van der Waals surface area contributed by atoms with Crippen LogP contribution in [0.5, 0.6) is 0 Å². The fourth-order valence-electron chi connectivity index (χ4n) is 2.60. The van der Waals surface area contributed by atoms with E-state index in [4.69, 9.17) is 0 Å².